The molecule has 123 valence electrons. The van der Waals surface area contributed by atoms with Crippen molar-refractivity contribution in [2.45, 2.75) is 44.8 Å². The molecule has 0 N–H and O–H groups in total. The van der Waals surface area contributed by atoms with Crippen LogP contribution < -0.4 is 10.1 Å². The fourth-order valence-electron chi connectivity index (χ4n) is 4.41. The Morgan fingerprint density at radius 2 is 1.92 bits per heavy atom. The summed E-state index contributed by atoms with van der Waals surface area (Å²) < 4.78 is 0. The van der Waals surface area contributed by atoms with Crippen LogP contribution in [0.5, 0.6) is 0 Å². The van der Waals surface area contributed by atoms with E-state index in [0.29, 0.717) is 12.0 Å². The van der Waals surface area contributed by atoms with Crippen molar-refractivity contribution in [3.05, 3.63) is 64.7 Å². The molecule has 0 fully saturated rings. The van der Waals surface area contributed by atoms with Crippen molar-refractivity contribution in [1.82, 2.24) is 0 Å². The van der Waals surface area contributed by atoms with Crippen LogP contribution in [0.25, 0.3) is 6.08 Å². The minimum atomic E-state index is -0.483. The molecule has 2 aliphatic rings. The van der Waals surface area contributed by atoms with Crippen molar-refractivity contribution in [3.8, 4) is 0 Å². The van der Waals surface area contributed by atoms with Gasteiger partial charge in [0.05, 0.1) is 8.80 Å². The van der Waals surface area contributed by atoms with Crippen LogP contribution in [0.1, 0.15) is 34.6 Å². The van der Waals surface area contributed by atoms with Gasteiger partial charge in [-0.1, -0.05) is 54.9 Å². The van der Waals surface area contributed by atoms with Crippen LogP contribution in [-0.4, -0.2) is 21.9 Å². The zero-order chi connectivity index (χ0) is 16.8. The van der Waals surface area contributed by atoms with Crippen LogP contribution in [0.4, 0.5) is 5.69 Å². The van der Waals surface area contributed by atoms with E-state index in [1.807, 2.05) is 0 Å². The van der Waals surface area contributed by atoms with E-state index in [1.165, 1.54) is 35.2 Å². The second kappa shape index (κ2) is 7.26. The molecule has 1 aliphatic heterocycles. The average Bonchev–Trinajstić information content (AvgIpc) is 2.98. The minimum Gasteiger partial charge on any atom is -0.372 e. The smallest absolute Gasteiger partial charge is 0.372 e. The van der Waals surface area contributed by atoms with Gasteiger partial charge in [0.25, 0.3) is 0 Å². The number of hydrogen-bond donors (Lipinski definition) is 0. The molecule has 1 heterocycles. The molecule has 0 bridgehead atoms. The summed E-state index contributed by atoms with van der Waals surface area (Å²) in [7, 11) is 1.82. The molecule has 0 spiro atoms. The largest absolute Gasteiger partial charge is 4.00 e. The Morgan fingerprint density at radius 3 is 2.68 bits per heavy atom. The molecular weight excluding hydrogens is 354 g/mol. The van der Waals surface area contributed by atoms with Crippen molar-refractivity contribution in [2.24, 2.45) is 0 Å². The number of aryl methyl sites for hydroxylation is 2. The third-order valence-corrected chi connectivity index (χ3v) is 7.02. The number of rotatable bonds is 2. The fraction of sp³-hybridized carbons (Fsp3) is 0.364. The van der Waals surface area contributed by atoms with Crippen molar-refractivity contribution < 1.29 is 21.7 Å². The molecule has 0 saturated heterocycles. The van der Waals surface area contributed by atoms with Gasteiger partial charge in [-0.3, -0.25) is 6.08 Å². The quantitative estimate of drug-likeness (QED) is 0.555. The molecule has 2 atom stereocenters. The van der Waals surface area contributed by atoms with Crippen LogP contribution in [0.2, 0.25) is 13.1 Å². The third-order valence-electron chi connectivity index (χ3n) is 5.57. The Kier molecular flexibility index (Phi) is 5.43. The molecule has 4 rings (SSSR count). The summed E-state index contributed by atoms with van der Waals surface area (Å²) in [4.78, 5) is 2.57. The Hall–Kier alpha value is -1.09. The van der Waals surface area contributed by atoms with Gasteiger partial charge >= 0.3 is 21.7 Å². The van der Waals surface area contributed by atoms with E-state index in [4.69, 9.17) is 0 Å². The number of fused-ring (bicyclic) bond motifs is 2. The molecule has 0 amide bonds. The first kappa shape index (κ1) is 18.7. The van der Waals surface area contributed by atoms with E-state index in [0.717, 1.165) is 0 Å². The maximum Gasteiger partial charge on any atom is 4.00 e. The van der Waals surface area contributed by atoms with Crippen LogP contribution in [0.15, 0.2) is 36.4 Å². The van der Waals surface area contributed by atoms with Gasteiger partial charge in [-0.25, -0.2) is 6.08 Å². The summed E-state index contributed by atoms with van der Waals surface area (Å²) in [5, 5.41) is 1.59. The molecule has 1 nitrogen and oxygen atoms in total. The van der Waals surface area contributed by atoms with Gasteiger partial charge in [0.15, 0.2) is 0 Å². The zero-order valence-corrected chi connectivity index (χ0v) is 18.1. The first-order valence-corrected chi connectivity index (χ1v) is 11.4. The summed E-state index contributed by atoms with van der Waals surface area (Å²) in [5.41, 5.74) is 7.28. The molecule has 2 unspecified atom stereocenters. The van der Waals surface area contributed by atoms with E-state index in [1.54, 1.807) is 10.8 Å². The number of benzene rings is 2. The summed E-state index contributed by atoms with van der Waals surface area (Å²) in [6.45, 7) is 7.06. The topological polar surface area (TPSA) is 3.24 Å². The fourth-order valence-corrected chi connectivity index (χ4v) is 5.74. The van der Waals surface area contributed by atoms with Crippen LogP contribution in [0, 0.1) is 13.0 Å². The average molecular weight is 379 g/mol. The Bertz CT molecular complexity index is 812. The molecule has 1 radical (unpaired) electrons. The minimum absolute atomic E-state index is 0. The SMILES string of the molecule is Cc1cc2c(c([Si](C)C)c1)N(C)C(C1[C-]=Cc3ccccc31)CC2.[Ti+4]. The third kappa shape index (κ3) is 3.20. The molecule has 3 heteroatoms. The van der Waals surface area contributed by atoms with E-state index in [2.05, 4.69) is 80.5 Å². The van der Waals surface area contributed by atoms with E-state index >= 15 is 0 Å². The Balaban J connectivity index is 0.00000182. The van der Waals surface area contributed by atoms with Gasteiger partial charge in [-0.05, 0) is 30.5 Å². The van der Waals surface area contributed by atoms with Crippen molar-refractivity contribution in [2.75, 3.05) is 11.9 Å². The molecule has 2 aromatic carbocycles. The second-order valence-corrected chi connectivity index (χ2v) is 9.99. The normalized spacial score (nSPS) is 21.1. The molecule has 0 aromatic heterocycles. The van der Waals surface area contributed by atoms with Crippen LogP contribution in [0.3, 0.4) is 0 Å². The van der Waals surface area contributed by atoms with Crippen LogP contribution >= 0.6 is 0 Å². The van der Waals surface area contributed by atoms with Gasteiger partial charge in [0, 0.05) is 18.8 Å². The van der Waals surface area contributed by atoms with Gasteiger partial charge in [0.2, 0.25) is 0 Å². The molecule has 1 aliphatic carbocycles. The van der Waals surface area contributed by atoms with E-state index in [-0.39, 0.29) is 21.7 Å². The summed E-state index contributed by atoms with van der Waals surface area (Å²) in [6, 6.07) is 14.1. The number of likely N-dealkylation sites (N-methyl/N-ethyl adjacent to an activating group) is 1. The molecule has 25 heavy (non-hydrogen) atoms. The first-order valence-electron chi connectivity index (χ1n) is 8.91. The predicted molar refractivity (Wildman–Crippen MR) is 106 cm³/mol. The monoisotopic (exact) mass is 379 g/mol. The van der Waals surface area contributed by atoms with Crippen LogP contribution in [-0.2, 0) is 28.1 Å². The first-order chi connectivity index (χ1) is 11.6. The van der Waals surface area contributed by atoms with Gasteiger partial charge < -0.3 is 4.90 Å². The predicted octanol–water partition coefficient (Wildman–Crippen LogP) is 4.32. The molecular formula is C22H25NSiTi+3. The van der Waals surface area contributed by atoms with E-state index in [9.17, 15) is 0 Å². The maximum absolute atomic E-state index is 3.65. The number of nitrogens with zero attached hydrogens (tertiary/aromatic N) is 1. The Morgan fingerprint density at radius 1 is 1.16 bits per heavy atom. The van der Waals surface area contributed by atoms with Gasteiger partial charge in [0.1, 0.15) is 0 Å². The van der Waals surface area contributed by atoms with Gasteiger partial charge in [-0.15, -0.1) is 11.6 Å². The Labute approximate surface area is 168 Å². The summed E-state index contributed by atoms with van der Waals surface area (Å²) >= 11 is 0. The standard InChI is InChI=1S/C22H25NSi.Ti/c1-15-13-17-10-12-20(23(2)22(17)21(14-15)24(3)4)19-11-9-16-7-5-6-8-18(16)19;/h5-9,13-14,19-20H,10,12H2,1-4H3;/q-1;+4. The number of anilines is 1. The van der Waals surface area contributed by atoms with Crippen molar-refractivity contribution >= 4 is 25.7 Å². The zero-order valence-electron chi connectivity index (χ0n) is 15.6. The van der Waals surface area contributed by atoms with Gasteiger partial charge in [-0.2, -0.15) is 5.56 Å². The van der Waals surface area contributed by atoms with Crippen molar-refractivity contribution in [3.63, 3.8) is 0 Å². The summed E-state index contributed by atoms with van der Waals surface area (Å²) in [6.07, 6.45) is 8.24. The van der Waals surface area contributed by atoms with Crippen molar-refractivity contribution in [1.29, 1.82) is 0 Å². The maximum atomic E-state index is 3.65. The summed E-state index contributed by atoms with van der Waals surface area (Å²) in [5.74, 6) is 0.401. The van der Waals surface area contributed by atoms with E-state index < -0.39 is 8.80 Å². The second-order valence-electron chi connectivity index (χ2n) is 7.45. The molecule has 0 saturated carbocycles. The number of hydrogen-bond acceptors (Lipinski definition) is 1. The molecule has 2 aromatic rings.